The quantitative estimate of drug-likeness (QED) is 0.672. The largest absolute Gasteiger partial charge is 0.361 e. The predicted octanol–water partition coefficient (Wildman–Crippen LogP) is 1.49. The van der Waals surface area contributed by atoms with Crippen LogP contribution in [0.1, 0.15) is 11.1 Å². The number of nitrogens with zero attached hydrogens (tertiary/aromatic N) is 1. The average molecular weight is 197 g/mol. The molecule has 1 unspecified atom stereocenters. The molecule has 0 saturated heterocycles. The molecule has 1 atom stereocenters. The number of nitrogens with two attached hydrogens (primary N) is 1. The van der Waals surface area contributed by atoms with E-state index in [0.29, 0.717) is 12.8 Å². The van der Waals surface area contributed by atoms with Crippen molar-refractivity contribution in [1.82, 2.24) is 4.98 Å². The number of nitrogens with one attached hydrogen (secondary N) is 1. The van der Waals surface area contributed by atoms with Crippen molar-refractivity contribution in [3.8, 4) is 6.07 Å². The first kappa shape index (κ1) is 8.51. The molecule has 1 aliphatic carbocycles. The van der Waals surface area contributed by atoms with Crippen LogP contribution in [0.25, 0.3) is 10.9 Å². The second-order valence-electron chi connectivity index (χ2n) is 4.28. The van der Waals surface area contributed by atoms with Gasteiger partial charge in [0.2, 0.25) is 0 Å². The second-order valence-corrected chi connectivity index (χ2v) is 4.28. The monoisotopic (exact) mass is 197 g/mol. The summed E-state index contributed by atoms with van der Waals surface area (Å²) >= 11 is 0. The maximum absolute atomic E-state index is 9.08. The molecule has 0 bridgehead atoms. The van der Waals surface area contributed by atoms with Gasteiger partial charge in [0.25, 0.3) is 0 Å². The molecule has 3 nitrogen and oxygen atoms in total. The number of rotatable bonds is 0. The molecule has 15 heavy (non-hydrogen) atoms. The maximum atomic E-state index is 9.08. The van der Waals surface area contributed by atoms with Crippen LogP contribution in [0.2, 0.25) is 0 Å². The molecule has 3 N–H and O–H groups in total. The third-order valence-corrected chi connectivity index (χ3v) is 3.11. The van der Waals surface area contributed by atoms with Gasteiger partial charge in [-0.15, -0.1) is 0 Å². The normalized spacial score (nSPS) is 24.0. The number of nitriles is 1. The van der Waals surface area contributed by atoms with E-state index in [2.05, 4.69) is 23.2 Å². The van der Waals surface area contributed by atoms with E-state index in [9.17, 15) is 0 Å². The third kappa shape index (κ3) is 1.09. The zero-order valence-electron chi connectivity index (χ0n) is 8.25. The van der Waals surface area contributed by atoms with Gasteiger partial charge in [0.05, 0.1) is 6.07 Å². The number of aromatic nitrogens is 1. The highest BCUT2D eigenvalue weighted by molar-refractivity contribution is 5.88. The molecule has 0 aliphatic heterocycles. The van der Waals surface area contributed by atoms with Gasteiger partial charge >= 0.3 is 0 Å². The van der Waals surface area contributed by atoms with E-state index in [-0.39, 0.29) is 0 Å². The third-order valence-electron chi connectivity index (χ3n) is 3.11. The highest BCUT2D eigenvalue weighted by atomic mass is 14.8. The predicted molar refractivity (Wildman–Crippen MR) is 58.2 cm³/mol. The Morgan fingerprint density at radius 3 is 2.93 bits per heavy atom. The van der Waals surface area contributed by atoms with Gasteiger partial charge in [-0.05, 0) is 17.2 Å². The smallest absolute Gasteiger partial charge is 0.112 e. The Balaban J connectivity index is 2.30. The van der Waals surface area contributed by atoms with Gasteiger partial charge in [0.15, 0.2) is 0 Å². The van der Waals surface area contributed by atoms with E-state index in [1.54, 1.807) is 0 Å². The molecule has 1 heterocycles. The highest BCUT2D eigenvalue weighted by Crippen LogP contribution is 2.32. The maximum Gasteiger partial charge on any atom is 0.112 e. The summed E-state index contributed by atoms with van der Waals surface area (Å²) in [4.78, 5) is 3.22. The molecular weight excluding hydrogens is 186 g/mol. The minimum atomic E-state index is -0.733. The molecule has 0 radical (unpaired) electrons. The van der Waals surface area contributed by atoms with Crippen LogP contribution in [0, 0.1) is 11.3 Å². The molecule has 3 heteroatoms. The molecule has 2 aromatic rings. The standard InChI is InChI=1S/C12H11N3/c13-7-12(14)4-8-2-1-3-10-11(8)9(5-12)6-15-10/h1-3,6,15H,4-5,14H2. The van der Waals surface area contributed by atoms with E-state index in [1.807, 2.05) is 12.3 Å². The Morgan fingerprint density at radius 2 is 2.13 bits per heavy atom. The molecule has 1 aromatic carbocycles. The fourth-order valence-corrected chi connectivity index (χ4v) is 2.44. The Morgan fingerprint density at radius 1 is 1.33 bits per heavy atom. The van der Waals surface area contributed by atoms with Crippen LogP contribution in [-0.4, -0.2) is 10.5 Å². The Labute approximate surface area is 87.5 Å². The van der Waals surface area contributed by atoms with Crippen molar-refractivity contribution in [2.75, 3.05) is 0 Å². The summed E-state index contributed by atoms with van der Waals surface area (Å²) in [6, 6.07) is 8.33. The lowest BCUT2D eigenvalue weighted by Crippen LogP contribution is -2.44. The summed E-state index contributed by atoms with van der Waals surface area (Å²) in [6.45, 7) is 0. The van der Waals surface area contributed by atoms with Gasteiger partial charge in [-0.1, -0.05) is 12.1 Å². The van der Waals surface area contributed by atoms with Gasteiger partial charge in [0.1, 0.15) is 5.54 Å². The first-order valence-corrected chi connectivity index (χ1v) is 5.00. The highest BCUT2D eigenvalue weighted by Gasteiger charge is 2.32. The van der Waals surface area contributed by atoms with E-state index in [4.69, 9.17) is 11.0 Å². The molecule has 0 fully saturated rings. The summed E-state index contributed by atoms with van der Waals surface area (Å²) in [5.74, 6) is 0. The molecule has 0 spiro atoms. The molecule has 0 amide bonds. The van der Waals surface area contributed by atoms with E-state index < -0.39 is 5.54 Å². The molecule has 74 valence electrons. The number of hydrogen-bond donors (Lipinski definition) is 2. The van der Waals surface area contributed by atoms with Crippen LogP contribution in [0.15, 0.2) is 24.4 Å². The number of hydrogen-bond acceptors (Lipinski definition) is 2. The fourth-order valence-electron chi connectivity index (χ4n) is 2.44. The first-order valence-electron chi connectivity index (χ1n) is 5.00. The van der Waals surface area contributed by atoms with Crippen molar-refractivity contribution in [3.63, 3.8) is 0 Å². The van der Waals surface area contributed by atoms with Crippen LogP contribution < -0.4 is 5.73 Å². The minimum absolute atomic E-state index is 0.639. The van der Waals surface area contributed by atoms with Crippen LogP contribution in [-0.2, 0) is 12.8 Å². The summed E-state index contributed by atoms with van der Waals surface area (Å²) in [5.41, 5.74) is 8.78. The topological polar surface area (TPSA) is 65.6 Å². The molecule has 1 aliphatic rings. The lowest BCUT2D eigenvalue weighted by molar-refractivity contribution is 0.529. The van der Waals surface area contributed by atoms with Gasteiger partial charge in [0, 0.05) is 29.9 Å². The molecule has 3 rings (SSSR count). The van der Waals surface area contributed by atoms with Crippen molar-refractivity contribution in [3.05, 3.63) is 35.5 Å². The summed E-state index contributed by atoms with van der Waals surface area (Å²) in [6.07, 6.45) is 3.25. The van der Waals surface area contributed by atoms with Crippen LogP contribution in [0.4, 0.5) is 0 Å². The minimum Gasteiger partial charge on any atom is -0.361 e. The second kappa shape index (κ2) is 2.62. The van der Waals surface area contributed by atoms with Crippen molar-refractivity contribution < 1.29 is 0 Å². The Kier molecular flexibility index (Phi) is 1.49. The van der Waals surface area contributed by atoms with Crippen molar-refractivity contribution >= 4 is 10.9 Å². The van der Waals surface area contributed by atoms with Crippen LogP contribution >= 0.6 is 0 Å². The van der Waals surface area contributed by atoms with Gasteiger partial charge in [-0.25, -0.2) is 0 Å². The summed E-state index contributed by atoms with van der Waals surface area (Å²) in [7, 11) is 0. The SMILES string of the molecule is N#CC1(N)Cc2cccc3[nH]cc(c23)C1. The molecule has 0 saturated carbocycles. The zero-order valence-corrected chi connectivity index (χ0v) is 8.25. The summed E-state index contributed by atoms with van der Waals surface area (Å²) < 4.78 is 0. The van der Waals surface area contributed by atoms with Crippen LogP contribution in [0.5, 0.6) is 0 Å². The summed E-state index contributed by atoms with van der Waals surface area (Å²) in [5, 5.41) is 10.3. The molecule has 1 aromatic heterocycles. The van der Waals surface area contributed by atoms with E-state index in [0.717, 1.165) is 11.1 Å². The van der Waals surface area contributed by atoms with Crippen molar-refractivity contribution in [2.45, 2.75) is 18.4 Å². The average Bonchev–Trinajstić information content (AvgIpc) is 2.63. The molecular formula is C12H11N3. The zero-order chi connectivity index (χ0) is 10.5. The van der Waals surface area contributed by atoms with Gasteiger partial charge < -0.3 is 10.7 Å². The van der Waals surface area contributed by atoms with Crippen molar-refractivity contribution in [2.24, 2.45) is 5.73 Å². The number of aromatic amines is 1. The van der Waals surface area contributed by atoms with Gasteiger partial charge in [-0.2, -0.15) is 5.26 Å². The number of benzene rings is 1. The lowest BCUT2D eigenvalue weighted by atomic mass is 9.80. The Hall–Kier alpha value is -1.79. The van der Waals surface area contributed by atoms with E-state index >= 15 is 0 Å². The van der Waals surface area contributed by atoms with E-state index in [1.165, 1.54) is 10.9 Å². The van der Waals surface area contributed by atoms with Gasteiger partial charge in [-0.3, -0.25) is 0 Å². The van der Waals surface area contributed by atoms with Crippen molar-refractivity contribution in [1.29, 1.82) is 5.26 Å². The lowest BCUT2D eigenvalue weighted by Gasteiger charge is -2.26. The van der Waals surface area contributed by atoms with Crippen LogP contribution in [0.3, 0.4) is 0 Å². The fraction of sp³-hybridized carbons (Fsp3) is 0.250. The first-order chi connectivity index (χ1) is 7.22. The Bertz CT molecular complexity index is 576. The number of H-pyrrole nitrogens is 1.